The van der Waals surface area contributed by atoms with Crippen molar-refractivity contribution in [3.63, 3.8) is 0 Å². The number of carbonyl (C=O) groups excluding carboxylic acids is 1. The summed E-state index contributed by atoms with van der Waals surface area (Å²) >= 11 is 1.43. The van der Waals surface area contributed by atoms with E-state index in [1.807, 2.05) is 37.3 Å². The molecule has 1 aliphatic rings. The highest BCUT2D eigenvalue weighted by atomic mass is 32.1. The molecular formula is C15H14N2O3S. The highest BCUT2D eigenvalue weighted by Gasteiger charge is 2.33. The number of nitrogens with one attached hydrogen (secondary N) is 2. The first-order valence-corrected chi connectivity index (χ1v) is 7.44. The summed E-state index contributed by atoms with van der Waals surface area (Å²) in [6.45, 7) is 1.99. The van der Waals surface area contributed by atoms with E-state index < -0.39 is 12.1 Å². The minimum atomic E-state index is -1.10. The van der Waals surface area contributed by atoms with Gasteiger partial charge in [-0.25, -0.2) is 4.79 Å². The van der Waals surface area contributed by atoms with Gasteiger partial charge in [0.25, 0.3) is 5.91 Å². The molecule has 3 rings (SSSR count). The van der Waals surface area contributed by atoms with Crippen LogP contribution in [0.4, 0.5) is 5.00 Å². The van der Waals surface area contributed by atoms with Gasteiger partial charge in [0.1, 0.15) is 5.00 Å². The number of carbonyl (C=O) groups is 2. The Balaban J connectivity index is 2.12. The molecule has 21 heavy (non-hydrogen) atoms. The van der Waals surface area contributed by atoms with Gasteiger partial charge in [0, 0.05) is 4.88 Å². The van der Waals surface area contributed by atoms with E-state index in [2.05, 4.69) is 10.6 Å². The van der Waals surface area contributed by atoms with Gasteiger partial charge < -0.3 is 15.7 Å². The standard InChI is InChI=1S/C15H14N2O3S/c1-2-9-10-13(18)16-12(15(19)20)17-14(10)21-11(9)8-6-4-3-5-7-8/h3-7,12,17H,2H2,1H3,(H,16,18)(H,19,20). The molecule has 0 spiro atoms. The zero-order valence-electron chi connectivity index (χ0n) is 11.3. The van der Waals surface area contributed by atoms with Gasteiger partial charge in [-0.3, -0.25) is 4.79 Å². The Labute approximate surface area is 125 Å². The Morgan fingerprint density at radius 1 is 1.29 bits per heavy atom. The maximum Gasteiger partial charge on any atom is 0.347 e. The second-order valence-corrected chi connectivity index (χ2v) is 5.74. The van der Waals surface area contributed by atoms with Crippen LogP contribution < -0.4 is 10.6 Å². The zero-order valence-corrected chi connectivity index (χ0v) is 12.2. The second-order valence-electron chi connectivity index (χ2n) is 4.72. The van der Waals surface area contributed by atoms with Crippen molar-refractivity contribution in [1.29, 1.82) is 0 Å². The number of hydrogen-bond donors (Lipinski definition) is 3. The number of thiophene rings is 1. The number of benzene rings is 1. The molecule has 108 valence electrons. The van der Waals surface area contributed by atoms with Gasteiger partial charge in [0.2, 0.25) is 6.17 Å². The molecule has 0 aliphatic carbocycles. The molecule has 0 fully saturated rings. The first-order valence-electron chi connectivity index (χ1n) is 6.63. The van der Waals surface area contributed by atoms with Crippen LogP contribution in [0.5, 0.6) is 0 Å². The number of amides is 1. The van der Waals surface area contributed by atoms with Crippen LogP contribution in [0.1, 0.15) is 22.8 Å². The maximum absolute atomic E-state index is 12.2. The van der Waals surface area contributed by atoms with Gasteiger partial charge in [-0.1, -0.05) is 37.3 Å². The topological polar surface area (TPSA) is 78.4 Å². The number of anilines is 1. The first-order chi connectivity index (χ1) is 10.1. The van der Waals surface area contributed by atoms with Gasteiger partial charge in [0.15, 0.2) is 0 Å². The quantitative estimate of drug-likeness (QED) is 0.814. The van der Waals surface area contributed by atoms with Crippen molar-refractivity contribution in [1.82, 2.24) is 5.32 Å². The Bertz CT molecular complexity index is 709. The van der Waals surface area contributed by atoms with Crippen LogP contribution in [-0.4, -0.2) is 23.1 Å². The Hall–Kier alpha value is -2.34. The smallest absolute Gasteiger partial charge is 0.347 e. The average Bonchev–Trinajstić information content (AvgIpc) is 2.87. The normalized spacial score (nSPS) is 16.8. The molecule has 1 aromatic carbocycles. The molecule has 1 unspecified atom stereocenters. The predicted octanol–water partition coefficient (Wildman–Crippen LogP) is 2.54. The Kier molecular flexibility index (Phi) is 3.39. The molecule has 3 N–H and O–H groups in total. The summed E-state index contributed by atoms with van der Waals surface area (Å²) in [5, 5.41) is 15.0. The number of rotatable bonds is 3. The van der Waals surface area contributed by atoms with E-state index in [1.165, 1.54) is 11.3 Å². The molecule has 5 nitrogen and oxygen atoms in total. The predicted molar refractivity (Wildman–Crippen MR) is 81.6 cm³/mol. The van der Waals surface area contributed by atoms with Crippen molar-refractivity contribution < 1.29 is 14.7 Å². The minimum absolute atomic E-state index is 0.327. The molecule has 0 saturated carbocycles. The third kappa shape index (κ3) is 2.27. The van der Waals surface area contributed by atoms with Crippen LogP contribution in [-0.2, 0) is 11.2 Å². The lowest BCUT2D eigenvalue weighted by atomic mass is 10.0. The van der Waals surface area contributed by atoms with Gasteiger partial charge in [-0.15, -0.1) is 11.3 Å². The molecule has 1 aliphatic heterocycles. The summed E-state index contributed by atoms with van der Waals surface area (Å²) in [5.41, 5.74) is 2.56. The summed E-state index contributed by atoms with van der Waals surface area (Å²) in [6, 6.07) is 9.81. The molecular weight excluding hydrogens is 288 g/mol. The highest BCUT2D eigenvalue weighted by Crippen LogP contribution is 2.42. The van der Waals surface area contributed by atoms with E-state index in [0.29, 0.717) is 17.0 Å². The van der Waals surface area contributed by atoms with E-state index in [0.717, 1.165) is 16.0 Å². The van der Waals surface area contributed by atoms with Crippen LogP contribution >= 0.6 is 11.3 Å². The highest BCUT2D eigenvalue weighted by molar-refractivity contribution is 7.20. The lowest BCUT2D eigenvalue weighted by Gasteiger charge is -2.22. The molecule has 2 heterocycles. The summed E-state index contributed by atoms with van der Waals surface area (Å²) < 4.78 is 0. The third-order valence-corrected chi connectivity index (χ3v) is 4.63. The number of fused-ring (bicyclic) bond motifs is 1. The molecule has 1 atom stereocenters. The lowest BCUT2D eigenvalue weighted by molar-refractivity contribution is -0.138. The second kappa shape index (κ2) is 5.21. The van der Waals surface area contributed by atoms with Crippen molar-refractivity contribution in [3.05, 3.63) is 41.5 Å². The number of carboxylic acid groups (broad SMARTS) is 1. The molecule has 0 saturated heterocycles. The van der Waals surface area contributed by atoms with Crippen LogP contribution in [0.15, 0.2) is 30.3 Å². The fourth-order valence-corrected chi connectivity index (χ4v) is 3.78. The molecule has 6 heteroatoms. The fraction of sp³-hybridized carbons (Fsp3) is 0.200. The summed E-state index contributed by atoms with van der Waals surface area (Å²) in [5.74, 6) is -1.42. The van der Waals surface area contributed by atoms with E-state index in [1.54, 1.807) is 0 Å². The number of carboxylic acids is 1. The van der Waals surface area contributed by atoms with E-state index in [4.69, 9.17) is 5.11 Å². The Morgan fingerprint density at radius 3 is 2.62 bits per heavy atom. The van der Waals surface area contributed by atoms with Crippen LogP contribution in [0.3, 0.4) is 0 Å². The van der Waals surface area contributed by atoms with Crippen LogP contribution in [0, 0.1) is 0 Å². The zero-order chi connectivity index (χ0) is 15.0. The number of aliphatic carboxylic acids is 1. The summed E-state index contributed by atoms with van der Waals surface area (Å²) in [7, 11) is 0. The molecule has 1 amide bonds. The molecule has 0 bridgehead atoms. The SMILES string of the molecule is CCc1c(-c2ccccc2)sc2c1C(=O)NC(C(=O)O)N2. The summed E-state index contributed by atoms with van der Waals surface area (Å²) in [6.07, 6.45) is -0.361. The van der Waals surface area contributed by atoms with Crippen molar-refractivity contribution >= 4 is 28.2 Å². The van der Waals surface area contributed by atoms with Crippen molar-refractivity contribution in [2.24, 2.45) is 0 Å². The Morgan fingerprint density at radius 2 is 2.00 bits per heavy atom. The van der Waals surface area contributed by atoms with Gasteiger partial charge in [0.05, 0.1) is 5.56 Å². The van der Waals surface area contributed by atoms with E-state index >= 15 is 0 Å². The summed E-state index contributed by atoms with van der Waals surface area (Å²) in [4.78, 5) is 24.3. The first kappa shape index (κ1) is 13.6. The number of hydrogen-bond acceptors (Lipinski definition) is 4. The maximum atomic E-state index is 12.2. The lowest BCUT2D eigenvalue weighted by Crippen LogP contribution is -2.49. The average molecular weight is 302 g/mol. The van der Waals surface area contributed by atoms with E-state index in [9.17, 15) is 9.59 Å². The monoisotopic (exact) mass is 302 g/mol. The molecule has 1 aromatic heterocycles. The van der Waals surface area contributed by atoms with Crippen molar-refractivity contribution in [3.8, 4) is 10.4 Å². The van der Waals surface area contributed by atoms with Gasteiger partial charge in [-0.2, -0.15) is 0 Å². The largest absolute Gasteiger partial charge is 0.478 e. The fourth-order valence-electron chi connectivity index (χ4n) is 2.46. The van der Waals surface area contributed by atoms with Crippen LogP contribution in [0.2, 0.25) is 0 Å². The molecule has 0 radical (unpaired) electrons. The van der Waals surface area contributed by atoms with Gasteiger partial charge >= 0.3 is 5.97 Å². The van der Waals surface area contributed by atoms with E-state index in [-0.39, 0.29) is 5.91 Å². The van der Waals surface area contributed by atoms with Crippen molar-refractivity contribution in [2.75, 3.05) is 5.32 Å². The van der Waals surface area contributed by atoms with Gasteiger partial charge in [-0.05, 0) is 17.5 Å². The third-order valence-electron chi connectivity index (χ3n) is 3.42. The van der Waals surface area contributed by atoms with Crippen molar-refractivity contribution in [2.45, 2.75) is 19.5 Å². The molecule has 2 aromatic rings. The minimum Gasteiger partial charge on any atom is -0.478 e. The van der Waals surface area contributed by atoms with Crippen LogP contribution in [0.25, 0.3) is 10.4 Å².